The second-order valence-electron chi connectivity index (χ2n) is 1.04. The molecule has 0 fully saturated rings. The third-order valence-corrected chi connectivity index (χ3v) is 0.555. The van der Waals surface area contributed by atoms with Crippen LogP contribution in [0.3, 0.4) is 0 Å². The van der Waals surface area contributed by atoms with Gasteiger partial charge in [-0.15, -0.1) is 0 Å². The van der Waals surface area contributed by atoms with Crippen LogP contribution in [0.1, 0.15) is 0 Å². The van der Waals surface area contributed by atoms with Crippen molar-refractivity contribution in [1.82, 2.24) is 10.4 Å². The maximum atomic E-state index is 10.2. The van der Waals surface area contributed by atoms with E-state index in [1.165, 1.54) is 0 Å². The van der Waals surface area contributed by atoms with E-state index in [4.69, 9.17) is 5.84 Å². The lowest BCUT2D eigenvalue weighted by molar-refractivity contribution is 0.216. The van der Waals surface area contributed by atoms with E-state index in [2.05, 4.69) is 12.4 Å². The van der Waals surface area contributed by atoms with Crippen molar-refractivity contribution in [2.24, 2.45) is 11.7 Å². The number of urea groups is 1. The Kier molecular flexibility index (Phi) is 2.60. The lowest BCUT2D eigenvalue weighted by Gasteiger charge is -2.07. The number of hydrogen-bond acceptors (Lipinski definition) is 3. The Labute approximate surface area is 46.9 Å². The number of amides is 2. The van der Waals surface area contributed by atoms with Gasteiger partial charge in [-0.25, -0.2) is 21.5 Å². The van der Waals surface area contributed by atoms with Crippen LogP contribution in [0.5, 0.6) is 0 Å². The summed E-state index contributed by atoms with van der Waals surface area (Å²) in [5, 5.41) is 0.736. The number of nitrogens with one attached hydrogen (secondary N) is 1. The summed E-state index contributed by atoms with van der Waals surface area (Å²) in [6, 6.07) is -0.597. The minimum atomic E-state index is -0.597. The Morgan fingerprint density at radius 3 is 2.50 bits per heavy atom. The van der Waals surface area contributed by atoms with Gasteiger partial charge in [-0.3, -0.25) is 5.43 Å². The zero-order valence-corrected chi connectivity index (χ0v) is 4.29. The highest BCUT2D eigenvalue weighted by Gasteiger charge is 1.98. The van der Waals surface area contributed by atoms with Gasteiger partial charge in [-0.2, -0.15) is 0 Å². The van der Waals surface area contributed by atoms with E-state index < -0.39 is 6.03 Å². The van der Waals surface area contributed by atoms with Crippen molar-refractivity contribution in [2.45, 2.75) is 0 Å². The fourth-order valence-corrected chi connectivity index (χ4v) is 0.157. The number of rotatable bonds is 1. The predicted molar refractivity (Wildman–Crippen MR) is 28.9 cm³/mol. The van der Waals surface area contributed by atoms with Crippen molar-refractivity contribution >= 4 is 6.03 Å². The Balaban J connectivity index is 3.62. The topological polar surface area (TPSA) is 84.4 Å². The Bertz CT molecular complexity index is 101. The van der Waals surface area contributed by atoms with Gasteiger partial charge in [0.05, 0.1) is 0 Å². The highest BCUT2D eigenvalue weighted by molar-refractivity contribution is 5.73. The maximum Gasteiger partial charge on any atom is 0.349 e. The maximum absolute atomic E-state index is 10.2. The molecule has 0 bridgehead atoms. The molecule has 0 saturated heterocycles. The number of carbonyl (C=O) groups is 1. The summed E-state index contributed by atoms with van der Waals surface area (Å²) in [5.41, 5.74) is 1.81. The minimum absolute atomic E-state index is 0.597. The second-order valence-corrected chi connectivity index (χ2v) is 1.04. The molecule has 0 aliphatic heterocycles. The molecule has 0 radical (unpaired) electrons. The van der Waals surface area contributed by atoms with Gasteiger partial charge >= 0.3 is 6.03 Å². The fraction of sp³-hybridized carbons (Fsp3) is 0. The summed E-state index contributed by atoms with van der Waals surface area (Å²) in [6.45, 7) is 3.21. The van der Waals surface area contributed by atoms with Crippen molar-refractivity contribution in [2.75, 3.05) is 0 Å². The molecule has 0 aromatic rings. The number of hydrazine groups is 2. The highest BCUT2D eigenvalue weighted by atomic mass is 16.2. The largest absolute Gasteiger partial charge is 0.349 e. The predicted octanol–water partition coefficient (Wildman–Crippen LogP) is -1.11. The molecule has 0 aliphatic rings. The fourth-order valence-electron chi connectivity index (χ4n) is 0.157. The van der Waals surface area contributed by atoms with E-state index in [1.54, 1.807) is 5.43 Å². The molecular weight excluding hydrogens is 108 g/mol. The summed E-state index contributed by atoms with van der Waals surface area (Å²) >= 11 is 0. The number of carbonyl (C=O) groups excluding carboxylic acids is 1. The molecule has 0 aromatic carbocycles. The van der Waals surface area contributed by atoms with E-state index in [0.717, 1.165) is 11.2 Å². The van der Waals surface area contributed by atoms with Crippen molar-refractivity contribution in [3.05, 3.63) is 12.8 Å². The quantitative estimate of drug-likeness (QED) is 0.231. The van der Waals surface area contributed by atoms with Crippen LogP contribution < -0.4 is 17.1 Å². The summed E-state index contributed by atoms with van der Waals surface area (Å²) in [5.74, 6) is 9.63. The first kappa shape index (κ1) is 6.93. The molecule has 5 heteroatoms. The van der Waals surface area contributed by atoms with E-state index in [-0.39, 0.29) is 0 Å². The van der Waals surface area contributed by atoms with Crippen LogP contribution in [0.2, 0.25) is 0 Å². The van der Waals surface area contributed by atoms with Gasteiger partial charge < -0.3 is 0 Å². The van der Waals surface area contributed by atoms with Crippen molar-refractivity contribution in [3.63, 3.8) is 0 Å². The van der Waals surface area contributed by atoms with E-state index in [1.807, 2.05) is 0 Å². The molecular formula is C3H8N4O. The van der Waals surface area contributed by atoms with Crippen molar-refractivity contribution < 1.29 is 4.79 Å². The number of nitrogens with zero attached hydrogens (tertiary/aromatic N) is 1. The van der Waals surface area contributed by atoms with Gasteiger partial charge in [0.2, 0.25) is 0 Å². The first-order valence-electron chi connectivity index (χ1n) is 1.89. The molecule has 0 rings (SSSR count). The van der Waals surface area contributed by atoms with E-state index >= 15 is 0 Å². The third-order valence-electron chi connectivity index (χ3n) is 0.555. The van der Waals surface area contributed by atoms with Gasteiger partial charge in [0, 0.05) is 6.20 Å². The molecule has 0 aromatic heterocycles. The summed E-state index contributed by atoms with van der Waals surface area (Å²) in [4.78, 5) is 10.2. The average molecular weight is 116 g/mol. The van der Waals surface area contributed by atoms with E-state index in [0.29, 0.717) is 0 Å². The highest BCUT2D eigenvalue weighted by Crippen LogP contribution is 1.73. The second kappa shape index (κ2) is 3.00. The van der Waals surface area contributed by atoms with Gasteiger partial charge in [0.1, 0.15) is 0 Å². The van der Waals surface area contributed by atoms with Crippen LogP contribution in [-0.2, 0) is 0 Å². The van der Waals surface area contributed by atoms with Crippen LogP contribution in [-0.4, -0.2) is 11.0 Å². The number of nitrogens with two attached hydrogens (primary N) is 2. The molecule has 5 N–H and O–H groups in total. The molecule has 46 valence electrons. The van der Waals surface area contributed by atoms with E-state index in [9.17, 15) is 4.79 Å². The van der Waals surface area contributed by atoms with Crippen LogP contribution in [0, 0.1) is 0 Å². The number of hydrogen-bond donors (Lipinski definition) is 3. The summed E-state index contributed by atoms with van der Waals surface area (Å²) in [6.07, 6.45) is 1.14. The molecule has 0 saturated carbocycles. The molecule has 0 aliphatic carbocycles. The Hall–Kier alpha value is -1.07. The first-order valence-corrected chi connectivity index (χ1v) is 1.89. The SMILES string of the molecule is C=CN(N)C(=O)NN. The van der Waals surface area contributed by atoms with Crippen LogP contribution in [0.25, 0.3) is 0 Å². The molecule has 0 unspecified atom stereocenters. The smallest absolute Gasteiger partial charge is 0.274 e. The lowest BCUT2D eigenvalue weighted by Crippen LogP contribution is -2.43. The van der Waals surface area contributed by atoms with Gasteiger partial charge in [-0.05, 0) is 0 Å². The zero-order valence-electron chi connectivity index (χ0n) is 4.29. The summed E-state index contributed by atoms with van der Waals surface area (Å²) in [7, 11) is 0. The average Bonchev–Trinajstić information content (AvgIpc) is 1.84. The van der Waals surface area contributed by atoms with Gasteiger partial charge in [0.25, 0.3) is 0 Å². The Morgan fingerprint density at radius 2 is 2.38 bits per heavy atom. The molecule has 5 nitrogen and oxygen atoms in total. The standard InChI is InChI=1S/C3H8N4O/c1-2-7(5)3(8)6-4/h2H,1,4-5H2,(H,6,8). The molecule has 0 spiro atoms. The van der Waals surface area contributed by atoms with Crippen molar-refractivity contribution in [1.29, 1.82) is 0 Å². The van der Waals surface area contributed by atoms with Gasteiger partial charge in [0.15, 0.2) is 0 Å². The normalized spacial score (nSPS) is 7.75. The molecule has 8 heavy (non-hydrogen) atoms. The minimum Gasteiger partial charge on any atom is -0.274 e. The van der Waals surface area contributed by atoms with Crippen LogP contribution in [0.4, 0.5) is 4.79 Å². The van der Waals surface area contributed by atoms with Crippen LogP contribution >= 0.6 is 0 Å². The van der Waals surface area contributed by atoms with Crippen molar-refractivity contribution in [3.8, 4) is 0 Å². The molecule has 0 atom stereocenters. The van der Waals surface area contributed by atoms with Crippen LogP contribution in [0.15, 0.2) is 12.8 Å². The first-order chi connectivity index (χ1) is 3.72. The third kappa shape index (κ3) is 1.59. The van der Waals surface area contributed by atoms with Gasteiger partial charge in [-0.1, -0.05) is 6.58 Å². The Morgan fingerprint density at radius 1 is 1.88 bits per heavy atom. The molecule has 2 amide bonds. The molecule has 0 heterocycles. The summed E-state index contributed by atoms with van der Waals surface area (Å²) < 4.78 is 0. The monoisotopic (exact) mass is 116 g/mol. The lowest BCUT2D eigenvalue weighted by atomic mass is 10.9. The zero-order chi connectivity index (χ0) is 6.57.